The molecular weight excluding hydrogens is 602 g/mol. The van der Waals surface area contributed by atoms with Gasteiger partial charge in [0.15, 0.2) is 13.9 Å². The van der Waals surface area contributed by atoms with Gasteiger partial charge in [-0.2, -0.15) is 0 Å². The largest absolute Gasteiger partial charge is 0.432 e. The molecule has 5 aliphatic rings. The van der Waals surface area contributed by atoms with Crippen LogP contribution in [-0.2, 0) is 24.7 Å². The van der Waals surface area contributed by atoms with Crippen molar-refractivity contribution in [3.8, 4) is 0 Å². The number of amides is 3. The Labute approximate surface area is 271 Å². The SMILES string of the molecule is C[C@@H]1[C@@H]([Si](C)(C)O)[C@H](CC(=O)N2CCC[C@H]2CO)O[C@@]12C(=O)Nc1ccc(N3CN(c4ccccc4)C4(CCNCC4)C3=O)cc12. The third kappa shape index (κ3) is 4.71. The molecule has 0 unspecified atom stereocenters. The van der Waals surface area contributed by atoms with Crippen LogP contribution in [0.2, 0.25) is 18.6 Å². The van der Waals surface area contributed by atoms with Gasteiger partial charge < -0.3 is 35.1 Å². The van der Waals surface area contributed by atoms with Gasteiger partial charge in [-0.05, 0) is 82.2 Å². The van der Waals surface area contributed by atoms with Gasteiger partial charge in [0.1, 0.15) is 5.54 Å². The Morgan fingerprint density at radius 2 is 1.83 bits per heavy atom. The van der Waals surface area contributed by atoms with E-state index in [0.29, 0.717) is 43.0 Å². The van der Waals surface area contributed by atoms with E-state index in [4.69, 9.17) is 4.74 Å². The number of nitrogens with zero attached hydrogens (tertiary/aromatic N) is 3. The molecule has 4 saturated heterocycles. The van der Waals surface area contributed by atoms with Gasteiger partial charge in [-0.25, -0.2) is 0 Å². The van der Waals surface area contributed by atoms with Crippen molar-refractivity contribution in [2.24, 2.45) is 5.92 Å². The minimum atomic E-state index is -2.95. The fraction of sp³-hybridized carbons (Fsp3) is 0.559. The molecule has 3 amide bonds. The Bertz CT molecular complexity index is 1530. The molecule has 2 aromatic rings. The summed E-state index contributed by atoms with van der Waals surface area (Å²) >= 11 is 0. The van der Waals surface area contributed by atoms with Crippen LogP contribution in [0.25, 0.3) is 0 Å². The molecule has 0 aliphatic carbocycles. The normalized spacial score (nSPS) is 30.5. The smallest absolute Gasteiger partial charge is 0.261 e. The fourth-order valence-electron chi connectivity index (χ4n) is 9.06. The lowest BCUT2D eigenvalue weighted by molar-refractivity contribution is -0.148. The van der Waals surface area contributed by atoms with Crippen LogP contribution in [-0.4, -0.2) is 91.4 Å². The molecule has 7 rings (SSSR count). The second kappa shape index (κ2) is 11.4. The summed E-state index contributed by atoms with van der Waals surface area (Å²) in [7, 11) is -2.95. The van der Waals surface area contributed by atoms with Gasteiger partial charge in [0.25, 0.3) is 11.8 Å². The summed E-state index contributed by atoms with van der Waals surface area (Å²) in [5.41, 5.74) is 0.461. The van der Waals surface area contributed by atoms with E-state index in [0.717, 1.165) is 31.6 Å². The van der Waals surface area contributed by atoms with Crippen molar-refractivity contribution in [1.29, 1.82) is 0 Å². The van der Waals surface area contributed by atoms with E-state index in [1.165, 1.54) is 0 Å². The number of likely N-dealkylation sites (tertiary alicyclic amines) is 1. The number of ether oxygens (including phenoxy) is 1. The van der Waals surface area contributed by atoms with Gasteiger partial charge >= 0.3 is 0 Å². The van der Waals surface area contributed by atoms with E-state index < -0.39 is 37.0 Å². The number of carbonyl (C=O) groups excluding carboxylic acids is 3. The molecule has 246 valence electrons. The average Bonchev–Trinajstić information content (AvgIpc) is 3.77. The topological polar surface area (TPSA) is 135 Å². The molecule has 0 saturated carbocycles. The van der Waals surface area contributed by atoms with Crippen LogP contribution in [0, 0.1) is 5.92 Å². The highest BCUT2D eigenvalue weighted by Gasteiger charge is 2.65. The first-order valence-electron chi connectivity index (χ1n) is 16.6. The molecule has 0 bridgehead atoms. The van der Waals surface area contributed by atoms with Gasteiger partial charge in [-0.15, -0.1) is 0 Å². The van der Waals surface area contributed by atoms with Gasteiger partial charge in [0, 0.05) is 40.6 Å². The summed E-state index contributed by atoms with van der Waals surface area (Å²) in [6.45, 7) is 7.98. The van der Waals surface area contributed by atoms with Gasteiger partial charge in [-0.3, -0.25) is 19.3 Å². The quantitative estimate of drug-likeness (QED) is 0.352. The summed E-state index contributed by atoms with van der Waals surface area (Å²) in [5, 5.41) is 16.3. The first kappa shape index (κ1) is 31.3. The monoisotopic (exact) mass is 647 g/mol. The lowest BCUT2D eigenvalue weighted by atomic mass is 9.82. The number of benzene rings is 2. The van der Waals surface area contributed by atoms with E-state index in [2.05, 4.69) is 15.5 Å². The standard InChI is InChI=1S/C34H45N5O6Si/c1-22-30(46(2,3)44)28(19-29(41)37-17-7-10-25(37)20-40)45-34(22)26-18-24(11-12-27(26)36-31(34)42)38-21-39(23-8-5-4-6-9-23)33(32(38)43)13-15-35-16-14-33/h4-6,8-9,11-12,18,22,25,28,30,35,40,44H,7,10,13-17,19-21H2,1-3H3,(H,36,42)/t22-,25+,28+,30-,34+/m1/s1. The summed E-state index contributed by atoms with van der Waals surface area (Å²) in [5.74, 6) is -0.823. The predicted molar refractivity (Wildman–Crippen MR) is 177 cm³/mol. The van der Waals surface area contributed by atoms with Crippen molar-refractivity contribution in [3.63, 3.8) is 0 Å². The van der Waals surface area contributed by atoms with Crippen molar-refractivity contribution in [2.45, 2.75) is 80.9 Å². The Hall–Kier alpha value is -3.29. The summed E-state index contributed by atoms with van der Waals surface area (Å²) in [6, 6.07) is 15.4. The van der Waals surface area contributed by atoms with Crippen molar-refractivity contribution in [3.05, 3.63) is 54.1 Å². The maximum absolute atomic E-state index is 14.4. The van der Waals surface area contributed by atoms with Crippen molar-refractivity contribution in [2.75, 3.05) is 48.0 Å². The number of nitrogens with one attached hydrogen (secondary N) is 2. The highest BCUT2D eigenvalue weighted by atomic mass is 28.4. The molecule has 2 aromatic carbocycles. The number of anilines is 3. The van der Waals surface area contributed by atoms with E-state index >= 15 is 0 Å². The van der Waals surface area contributed by atoms with E-state index in [1.54, 1.807) is 4.90 Å². The molecule has 11 nitrogen and oxygen atoms in total. The molecule has 5 aliphatic heterocycles. The first-order chi connectivity index (χ1) is 22.0. The molecule has 5 atom stereocenters. The van der Waals surface area contributed by atoms with Crippen molar-refractivity contribution < 1.29 is 29.0 Å². The highest BCUT2D eigenvalue weighted by Crippen LogP contribution is 2.59. The highest BCUT2D eigenvalue weighted by molar-refractivity contribution is 6.71. The number of fused-ring (bicyclic) bond motifs is 2. The van der Waals surface area contributed by atoms with Gasteiger partial charge in [0.2, 0.25) is 5.91 Å². The molecule has 0 radical (unpaired) electrons. The minimum Gasteiger partial charge on any atom is -0.432 e. The number of hydrogen-bond acceptors (Lipinski definition) is 8. The molecule has 12 heteroatoms. The zero-order chi connectivity index (χ0) is 32.4. The first-order valence-corrected chi connectivity index (χ1v) is 19.7. The number of carbonyl (C=O) groups is 3. The predicted octanol–water partition coefficient (Wildman–Crippen LogP) is 2.74. The molecule has 5 heterocycles. The maximum Gasteiger partial charge on any atom is 0.261 e. The number of hydrogen-bond donors (Lipinski definition) is 4. The maximum atomic E-state index is 14.4. The number of aliphatic hydroxyl groups is 1. The molecule has 0 aromatic heterocycles. The molecule has 4 N–H and O–H groups in total. The number of aliphatic hydroxyl groups excluding tert-OH is 1. The van der Waals surface area contributed by atoms with Crippen LogP contribution in [0.5, 0.6) is 0 Å². The van der Waals surface area contributed by atoms with Crippen LogP contribution in [0.1, 0.15) is 44.6 Å². The lowest BCUT2D eigenvalue weighted by Crippen LogP contribution is -2.55. The summed E-state index contributed by atoms with van der Waals surface area (Å²) in [6.07, 6.45) is 2.32. The minimum absolute atomic E-state index is 0.0275. The molecule has 2 spiro atoms. The van der Waals surface area contributed by atoms with E-state index in [9.17, 15) is 24.3 Å². The van der Waals surface area contributed by atoms with E-state index in [-0.39, 0.29) is 36.8 Å². The second-order valence-electron chi connectivity index (χ2n) is 14.2. The Morgan fingerprint density at radius 3 is 2.52 bits per heavy atom. The van der Waals surface area contributed by atoms with Crippen LogP contribution in [0.3, 0.4) is 0 Å². The number of piperidine rings is 1. The third-order valence-electron chi connectivity index (χ3n) is 11.3. The van der Waals surface area contributed by atoms with E-state index in [1.807, 2.05) is 73.4 Å². The third-order valence-corrected chi connectivity index (χ3v) is 13.8. The van der Waals surface area contributed by atoms with Crippen molar-refractivity contribution in [1.82, 2.24) is 10.2 Å². The summed E-state index contributed by atoms with van der Waals surface area (Å²) in [4.78, 5) is 59.2. The number of rotatable bonds is 6. The average molecular weight is 648 g/mol. The van der Waals surface area contributed by atoms with Crippen LogP contribution in [0.15, 0.2) is 48.5 Å². The Balaban J connectivity index is 1.24. The van der Waals surface area contributed by atoms with Crippen LogP contribution in [0.4, 0.5) is 17.1 Å². The second-order valence-corrected chi connectivity index (χ2v) is 18.2. The summed E-state index contributed by atoms with van der Waals surface area (Å²) < 4.78 is 6.77. The van der Waals surface area contributed by atoms with Crippen LogP contribution >= 0.6 is 0 Å². The van der Waals surface area contributed by atoms with Gasteiger partial charge in [0.05, 0.1) is 31.8 Å². The zero-order valence-electron chi connectivity index (χ0n) is 26.9. The molecule has 46 heavy (non-hydrogen) atoms. The van der Waals surface area contributed by atoms with Crippen molar-refractivity contribution >= 4 is 43.1 Å². The lowest BCUT2D eigenvalue weighted by Gasteiger charge is -2.39. The Morgan fingerprint density at radius 1 is 1.09 bits per heavy atom. The fourth-order valence-corrected chi connectivity index (χ4v) is 11.6. The molecule has 4 fully saturated rings. The zero-order valence-corrected chi connectivity index (χ0v) is 27.9. The van der Waals surface area contributed by atoms with Gasteiger partial charge in [-0.1, -0.05) is 25.1 Å². The number of para-hydroxylation sites is 1. The van der Waals surface area contributed by atoms with Crippen LogP contribution < -0.4 is 20.4 Å². The molecular formula is C34H45N5O6Si. The Kier molecular flexibility index (Phi) is 7.79.